The van der Waals surface area contributed by atoms with Gasteiger partial charge in [-0.25, -0.2) is 0 Å². The molecule has 0 fully saturated rings. The van der Waals surface area contributed by atoms with E-state index in [0.717, 1.165) is 21.7 Å². The molecule has 28 heavy (non-hydrogen) atoms. The number of amides is 2. The quantitative estimate of drug-likeness (QED) is 0.756. The molecule has 0 spiro atoms. The summed E-state index contributed by atoms with van der Waals surface area (Å²) in [5, 5.41) is 2.73. The van der Waals surface area contributed by atoms with Crippen molar-refractivity contribution in [2.75, 3.05) is 29.1 Å². The van der Waals surface area contributed by atoms with Crippen LogP contribution in [0.25, 0.3) is 0 Å². The molecule has 7 heteroatoms. The first-order valence-electron chi connectivity index (χ1n) is 8.99. The van der Waals surface area contributed by atoms with Gasteiger partial charge in [-0.15, -0.1) is 11.8 Å². The lowest BCUT2D eigenvalue weighted by Crippen LogP contribution is -2.37. The second-order valence-corrected chi connectivity index (χ2v) is 7.60. The van der Waals surface area contributed by atoms with Gasteiger partial charge in [0.25, 0.3) is 5.91 Å². The number of hydrogen-bond donors (Lipinski definition) is 1. The number of carbonyl (C=O) groups is 3. The molecule has 0 aliphatic carbocycles. The standard InChI is InChI=1S/C21H22N2O4S/c1-14-7-8-16(15(2)11-14)22-19(24)12-27-21(26)9-10-23-17-5-3-4-6-18(17)28-13-20(23)25/h3-8,11H,9-10,12-13H2,1-2H3,(H,22,24). The van der Waals surface area contributed by atoms with Crippen LogP contribution in [0.15, 0.2) is 47.4 Å². The molecule has 1 aliphatic rings. The molecule has 1 N–H and O–H groups in total. The van der Waals surface area contributed by atoms with Gasteiger partial charge in [-0.1, -0.05) is 29.8 Å². The van der Waals surface area contributed by atoms with Crippen LogP contribution in [0.2, 0.25) is 0 Å². The number of benzene rings is 2. The van der Waals surface area contributed by atoms with Crippen molar-refractivity contribution >= 4 is 40.9 Å². The Morgan fingerprint density at radius 2 is 1.96 bits per heavy atom. The Balaban J connectivity index is 1.48. The maximum Gasteiger partial charge on any atom is 0.308 e. The molecule has 0 radical (unpaired) electrons. The van der Waals surface area contributed by atoms with E-state index in [1.807, 2.05) is 56.3 Å². The first-order chi connectivity index (χ1) is 13.4. The minimum atomic E-state index is -0.515. The van der Waals surface area contributed by atoms with Gasteiger partial charge in [-0.2, -0.15) is 0 Å². The molecule has 2 amide bonds. The van der Waals surface area contributed by atoms with Crippen LogP contribution >= 0.6 is 11.8 Å². The SMILES string of the molecule is Cc1ccc(NC(=O)COC(=O)CCN2C(=O)CSc3ccccc32)c(C)c1. The monoisotopic (exact) mass is 398 g/mol. The van der Waals surface area contributed by atoms with Crippen LogP contribution in [0.1, 0.15) is 17.5 Å². The van der Waals surface area contributed by atoms with Crippen molar-refractivity contribution in [1.82, 2.24) is 0 Å². The van der Waals surface area contributed by atoms with Crippen molar-refractivity contribution in [3.05, 3.63) is 53.6 Å². The van der Waals surface area contributed by atoms with Crippen LogP contribution in [0, 0.1) is 13.8 Å². The maximum atomic E-state index is 12.2. The zero-order valence-corrected chi connectivity index (χ0v) is 16.7. The summed E-state index contributed by atoms with van der Waals surface area (Å²) < 4.78 is 5.06. The van der Waals surface area contributed by atoms with Crippen LogP contribution < -0.4 is 10.2 Å². The lowest BCUT2D eigenvalue weighted by molar-refractivity contribution is -0.147. The third-order valence-corrected chi connectivity index (χ3v) is 5.42. The number of nitrogens with one attached hydrogen (secondary N) is 1. The molecule has 2 aromatic rings. The van der Waals surface area contributed by atoms with E-state index >= 15 is 0 Å². The van der Waals surface area contributed by atoms with Crippen LogP contribution in [-0.2, 0) is 19.1 Å². The molecule has 1 heterocycles. The predicted octanol–water partition coefficient (Wildman–Crippen LogP) is 3.31. The lowest BCUT2D eigenvalue weighted by Gasteiger charge is -2.28. The summed E-state index contributed by atoms with van der Waals surface area (Å²) in [6.07, 6.45) is 0.0293. The highest BCUT2D eigenvalue weighted by atomic mass is 32.2. The molecule has 6 nitrogen and oxygen atoms in total. The number of esters is 1. The zero-order chi connectivity index (χ0) is 20.1. The van der Waals surface area contributed by atoms with Crippen LogP contribution in [0.5, 0.6) is 0 Å². The van der Waals surface area contributed by atoms with Gasteiger partial charge in [0.2, 0.25) is 5.91 Å². The van der Waals surface area contributed by atoms with Crippen molar-refractivity contribution < 1.29 is 19.1 Å². The van der Waals surface area contributed by atoms with Gasteiger partial charge < -0.3 is 15.0 Å². The predicted molar refractivity (Wildman–Crippen MR) is 110 cm³/mol. The van der Waals surface area contributed by atoms with Gasteiger partial charge in [0.05, 0.1) is 17.9 Å². The summed E-state index contributed by atoms with van der Waals surface area (Å²) >= 11 is 1.49. The Labute approximate surface area is 168 Å². The molecule has 0 atom stereocenters. The van der Waals surface area contributed by atoms with Crippen molar-refractivity contribution in [3.63, 3.8) is 0 Å². The van der Waals surface area contributed by atoms with E-state index < -0.39 is 11.9 Å². The summed E-state index contributed by atoms with van der Waals surface area (Å²) in [6.45, 7) is 3.76. The highest BCUT2D eigenvalue weighted by Crippen LogP contribution is 2.34. The van der Waals surface area contributed by atoms with Crippen molar-refractivity contribution in [2.45, 2.75) is 25.2 Å². The minimum Gasteiger partial charge on any atom is -0.456 e. The van der Waals surface area contributed by atoms with Crippen molar-refractivity contribution in [1.29, 1.82) is 0 Å². The van der Waals surface area contributed by atoms with E-state index in [9.17, 15) is 14.4 Å². The first-order valence-corrected chi connectivity index (χ1v) is 9.97. The fraction of sp³-hybridized carbons (Fsp3) is 0.286. The Hall–Kier alpha value is -2.80. The minimum absolute atomic E-state index is 0.0293. The van der Waals surface area contributed by atoms with Gasteiger partial charge in [-0.3, -0.25) is 14.4 Å². The number of anilines is 2. The summed E-state index contributed by atoms with van der Waals surface area (Å²) in [6, 6.07) is 13.3. The number of ether oxygens (including phenoxy) is 1. The number of nitrogens with zero attached hydrogens (tertiary/aromatic N) is 1. The third-order valence-electron chi connectivity index (χ3n) is 4.37. The Bertz CT molecular complexity index is 913. The van der Waals surface area contributed by atoms with Crippen molar-refractivity contribution in [2.24, 2.45) is 0 Å². The van der Waals surface area contributed by atoms with Gasteiger partial charge >= 0.3 is 5.97 Å². The molecule has 146 valence electrons. The number of rotatable bonds is 6. The molecule has 0 saturated heterocycles. The lowest BCUT2D eigenvalue weighted by atomic mass is 10.1. The van der Waals surface area contributed by atoms with Gasteiger partial charge in [-0.05, 0) is 37.6 Å². The highest BCUT2D eigenvalue weighted by Gasteiger charge is 2.25. The molecule has 1 aliphatic heterocycles. The smallest absolute Gasteiger partial charge is 0.308 e. The normalized spacial score (nSPS) is 13.1. The van der Waals surface area contributed by atoms with E-state index in [-0.39, 0.29) is 25.5 Å². The highest BCUT2D eigenvalue weighted by molar-refractivity contribution is 8.00. The topological polar surface area (TPSA) is 75.7 Å². The number of hydrogen-bond acceptors (Lipinski definition) is 5. The van der Waals surface area contributed by atoms with E-state index in [1.165, 1.54) is 11.8 Å². The molecule has 0 saturated carbocycles. The fourth-order valence-corrected chi connectivity index (χ4v) is 3.90. The maximum absolute atomic E-state index is 12.2. The van der Waals surface area contributed by atoms with Gasteiger partial charge in [0.15, 0.2) is 6.61 Å². The van der Waals surface area contributed by atoms with Crippen LogP contribution in [0.3, 0.4) is 0 Å². The molecule has 3 rings (SSSR count). The van der Waals surface area contributed by atoms with E-state index in [1.54, 1.807) is 4.90 Å². The Kier molecular flexibility index (Phi) is 6.36. The number of aryl methyl sites for hydroxylation is 2. The summed E-state index contributed by atoms with van der Waals surface area (Å²) in [7, 11) is 0. The average Bonchev–Trinajstić information content (AvgIpc) is 2.68. The van der Waals surface area contributed by atoms with E-state index in [4.69, 9.17) is 4.74 Å². The zero-order valence-electron chi connectivity index (χ0n) is 15.9. The van der Waals surface area contributed by atoms with Gasteiger partial charge in [0.1, 0.15) is 0 Å². The molecule has 0 bridgehead atoms. The van der Waals surface area contributed by atoms with Crippen molar-refractivity contribution in [3.8, 4) is 0 Å². The molecule has 0 aromatic heterocycles. The number of fused-ring (bicyclic) bond motifs is 1. The van der Waals surface area contributed by atoms with Gasteiger partial charge in [0, 0.05) is 17.1 Å². The molecular weight excluding hydrogens is 376 g/mol. The third kappa shape index (κ3) is 4.92. The number of thioether (sulfide) groups is 1. The summed E-state index contributed by atoms with van der Waals surface area (Å²) in [5.74, 6) is -0.593. The van der Waals surface area contributed by atoms with E-state index in [0.29, 0.717) is 11.4 Å². The Morgan fingerprint density at radius 1 is 1.18 bits per heavy atom. The molecule has 2 aromatic carbocycles. The summed E-state index contributed by atoms with van der Waals surface area (Å²) in [5.41, 5.74) is 3.55. The summed E-state index contributed by atoms with van der Waals surface area (Å²) in [4.78, 5) is 38.8. The van der Waals surface area contributed by atoms with Crippen LogP contribution in [0.4, 0.5) is 11.4 Å². The second-order valence-electron chi connectivity index (χ2n) is 6.58. The average molecular weight is 398 g/mol. The van der Waals surface area contributed by atoms with Crippen LogP contribution in [-0.4, -0.2) is 36.7 Å². The number of para-hydroxylation sites is 1. The first kappa shape index (κ1) is 19.9. The second kappa shape index (κ2) is 8.93. The largest absolute Gasteiger partial charge is 0.456 e. The molecular formula is C21H22N2O4S. The van der Waals surface area contributed by atoms with E-state index in [2.05, 4.69) is 5.32 Å². The number of carbonyl (C=O) groups excluding carboxylic acids is 3. The fourth-order valence-electron chi connectivity index (χ4n) is 2.96. The Morgan fingerprint density at radius 3 is 2.75 bits per heavy atom. The molecule has 0 unspecified atom stereocenters.